The molecule has 0 radical (unpaired) electrons. The van der Waals surface area contributed by atoms with Gasteiger partial charge in [0.05, 0.1) is 25.7 Å². The monoisotopic (exact) mass is 552 g/mol. The number of hydrogen-bond donors (Lipinski definition) is 0. The molecule has 2 aromatic rings. The lowest BCUT2D eigenvalue weighted by Gasteiger charge is -2.41. The number of nitrogens with zero attached hydrogens (tertiary/aromatic N) is 4. The molecule has 1 saturated heterocycles. The van der Waals surface area contributed by atoms with Crippen molar-refractivity contribution in [1.82, 2.24) is 4.90 Å². The van der Waals surface area contributed by atoms with Gasteiger partial charge in [0.2, 0.25) is 0 Å². The fourth-order valence-corrected chi connectivity index (χ4v) is 6.00. The molecule has 210 valence electrons. The zero-order chi connectivity index (χ0) is 28.6. The Balaban J connectivity index is 2.06. The molecule has 2 aromatic carbocycles. The van der Waals surface area contributed by atoms with Gasteiger partial charge in [0.25, 0.3) is 0 Å². The maximum atomic E-state index is 13.6. The zero-order valence-corrected chi connectivity index (χ0v) is 24.7. The molecule has 0 N–H and O–H groups in total. The number of amides is 1. The molecule has 1 aliphatic heterocycles. The summed E-state index contributed by atoms with van der Waals surface area (Å²) in [5.74, 6) is -0.417. The average molecular weight is 553 g/mol. The van der Waals surface area contributed by atoms with Crippen LogP contribution < -0.4 is 0 Å². The smallest absolute Gasteiger partial charge is 0.411 e. The first-order valence-electron chi connectivity index (χ1n) is 13.4. The fourth-order valence-electron chi connectivity index (χ4n) is 4.64. The van der Waals surface area contributed by atoms with Crippen molar-refractivity contribution < 1.29 is 23.5 Å². The number of esters is 1. The maximum Gasteiger partial charge on any atom is 0.411 e. The SMILES string of the molecule is CCOC(=O)C[C@@H](C[C@H](CN=[N+]=[N-])O[Si](C)(C)C(C)(C)C)N1C(=O)O[C@H](c2ccccc2)[C@@H]1c1ccccc1. The van der Waals surface area contributed by atoms with Crippen LogP contribution in [-0.2, 0) is 18.7 Å². The van der Waals surface area contributed by atoms with Crippen molar-refractivity contribution in [2.45, 2.75) is 83.0 Å². The lowest BCUT2D eigenvalue weighted by molar-refractivity contribution is -0.144. The zero-order valence-electron chi connectivity index (χ0n) is 23.7. The van der Waals surface area contributed by atoms with Crippen LogP contribution >= 0.6 is 0 Å². The molecule has 39 heavy (non-hydrogen) atoms. The summed E-state index contributed by atoms with van der Waals surface area (Å²) < 4.78 is 18.0. The van der Waals surface area contributed by atoms with E-state index in [-0.39, 0.29) is 31.0 Å². The van der Waals surface area contributed by atoms with Crippen molar-refractivity contribution in [3.63, 3.8) is 0 Å². The van der Waals surface area contributed by atoms with Gasteiger partial charge in [-0.3, -0.25) is 9.69 Å². The highest BCUT2D eigenvalue weighted by Crippen LogP contribution is 2.45. The largest absolute Gasteiger partial charge is 0.466 e. The second-order valence-electron chi connectivity index (χ2n) is 11.3. The van der Waals surface area contributed by atoms with E-state index in [1.54, 1.807) is 11.8 Å². The molecule has 0 saturated carbocycles. The van der Waals surface area contributed by atoms with Crippen LogP contribution in [0.2, 0.25) is 18.1 Å². The first-order chi connectivity index (χ1) is 18.5. The quantitative estimate of drug-likeness (QED) is 0.0899. The number of azide groups is 1. The summed E-state index contributed by atoms with van der Waals surface area (Å²) in [6, 6.07) is 18.2. The predicted molar refractivity (Wildman–Crippen MR) is 152 cm³/mol. The summed E-state index contributed by atoms with van der Waals surface area (Å²) in [7, 11) is -2.28. The second kappa shape index (κ2) is 13.1. The van der Waals surface area contributed by atoms with E-state index in [2.05, 4.69) is 43.9 Å². The molecule has 0 aliphatic carbocycles. The van der Waals surface area contributed by atoms with Crippen LogP contribution in [0.1, 0.15) is 63.8 Å². The van der Waals surface area contributed by atoms with Crippen molar-refractivity contribution in [2.24, 2.45) is 5.11 Å². The molecule has 1 amide bonds. The standard InChI is InChI=1S/C29H40N4O5Si/c1-7-36-25(34)19-23(18-24(20-31-32-30)38-39(5,6)29(2,3)4)33-26(21-14-10-8-11-15-21)27(37-28(33)35)22-16-12-9-13-17-22/h8-17,23-24,26-27H,7,18-20H2,1-6H3/t23-,24-,26+,27-/m1/s1. The summed E-state index contributed by atoms with van der Waals surface area (Å²) in [6.45, 7) is 12.7. The Hall–Kier alpha value is -3.33. The summed E-state index contributed by atoms with van der Waals surface area (Å²) >= 11 is 0. The highest BCUT2D eigenvalue weighted by atomic mass is 28.4. The Labute approximate surface area is 232 Å². The van der Waals surface area contributed by atoms with E-state index >= 15 is 0 Å². The Kier molecular flexibility index (Phi) is 10.2. The van der Waals surface area contributed by atoms with Gasteiger partial charge in [0.15, 0.2) is 14.4 Å². The molecule has 10 heteroatoms. The van der Waals surface area contributed by atoms with Crippen LogP contribution in [0.15, 0.2) is 65.8 Å². The molecule has 0 aromatic heterocycles. The number of benzene rings is 2. The minimum Gasteiger partial charge on any atom is -0.466 e. The minimum absolute atomic E-state index is 0.0403. The van der Waals surface area contributed by atoms with Gasteiger partial charge in [-0.25, -0.2) is 4.79 Å². The van der Waals surface area contributed by atoms with Crippen molar-refractivity contribution >= 4 is 20.4 Å². The van der Waals surface area contributed by atoms with Gasteiger partial charge in [0.1, 0.15) is 6.04 Å². The van der Waals surface area contributed by atoms with Gasteiger partial charge >= 0.3 is 12.1 Å². The second-order valence-corrected chi connectivity index (χ2v) is 16.0. The number of rotatable bonds is 12. The molecule has 1 aliphatic rings. The summed E-state index contributed by atoms with van der Waals surface area (Å²) in [6.07, 6.45) is -1.34. The normalized spacial score (nSPS) is 19.1. The highest BCUT2D eigenvalue weighted by Gasteiger charge is 2.48. The molecule has 1 fully saturated rings. The first kappa shape index (κ1) is 30.2. The maximum absolute atomic E-state index is 13.6. The lowest BCUT2D eigenvalue weighted by atomic mass is 9.93. The Morgan fingerprint density at radius 1 is 1.10 bits per heavy atom. The molecule has 0 spiro atoms. The number of cyclic esters (lactones) is 1. The van der Waals surface area contributed by atoms with E-state index < -0.39 is 44.7 Å². The summed E-state index contributed by atoms with van der Waals surface area (Å²) in [5, 5.41) is 3.73. The fraction of sp³-hybridized carbons (Fsp3) is 0.517. The molecule has 0 bridgehead atoms. The van der Waals surface area contributed by atoms with Crippen molar-refractivity contribution in [3.8, 4) is 0 Å². The highest BCUT2D eigenvalue weighted by molar-refractivity contribution is 6.74. The van der Waals surface area contributed by atoms with Gasteiger partial charge in [-0.2, -0.15) is 0 Å². The number of carbonyl (C=O) groups excluding carboxylic acids is 2. The summed E-state index contributed by atoms with van der Waals surface area (Å²) in [5.41, 5.74) is 10.8. The Morgan fingerprint density at radius 2 is 1.69 bits per heavy atom. The van der Waals surface area contributed by atoms with E-state index in [4.69, 9.17) is 19.4 Å². The van der Waals surface area contributed by atoms with Crippen molar-refractivity contribution in [1.29, 1.82) is 0 Å². The van der Waals surface area contributed by atoms with Crippen LogP contribution in [0.3, 0.4) is 0 Å². The molecular weight excluding hydrogens is 512 g/mol. The van der Waals surface area contributed by atoms with Crippen LogP contribution in [0.25, 0.3) is 10.4 Å². The van der Waals surface area contributed by atoms with E-state index in [0.717, 1.165) is 11.1 Å². The van der Waals surface area contributed by atoms with Gasteiger partial charge in [0, 0.05) is 11.0 Å². The van der Waals surface area contributed by atoms with Crippen LogP contribution in [0, 0.1) is 0 Å². The van der Waals surface area contributed by atoms with Gasteiger partial charge in [-0.15, -0.1) is 0 Å². The molecule has 4 atom stereocenters. The first-order valence-corrected chi connectivity index (χ1v) is 16.3. The third-order valence-corrected chi connectivity index (χ3v) is 12.1. The van der Waals surface area contributed by atoms with Crippen molar-refractivity contribution in [3.05, 3.63) is 82.2 Å². The third-order valence-electron chi connectivity index (χ3n) is 7.55. The predicted octanol–water partition coefficient (Wildman–Crippen LogP) is 7.33. The average Bonchev–Trinajstić information content (AvgIpc) is 3.24. The number of ether oxygens (including phenoxy) is 2. The minimum atomic E-state index is -2.28. The van der Waals surface area contributed by atoms with Crippen LogP contribution in [-0.4, -0.2) is 50.6 Å². The number of hydrogen-bond acceptors (Lipinski definition) is 6. The number of carbonyl (C=O) groups is 2. The molecule has 3 rings (SSSR count). The van der Waals surface area contributed by atoms with E-state index in [9.17, 15) is 9.59 Å². The Bertz CT molecular complexity index is 1150. The molecule has 9 nitrogen and oxygen atoms in total. The molecular formula is C29H40N4O5Si. The van der Waals surface area contributed by atoms with Crippen LogP contribution in [0.4, 0.5) is 4.79 Å². The lowest BCUT2D eigenvalue weighted by Crippen LogP contribution is -2.48. The third kappa shape index (κ3) is 7.62. The molecule has 1 heterocycles. The van der Waals surface area contributed by atoms with Gasteiger partial charge < -0.3 is 13.9 Å². The topological polar surface area (TPSA) is 114 Å². The van der Waals surface area contributed by atoms with Crippen LogP contribution in [0.5, 0.6) is 0 Å². The summed E-state index contributed by atoms with van der Waals surface area (Å²) in [4.78, 5) is 31.0. The van der Waals surface area contributed by atoms with E-state index in [0.29, 0.717) is 0 Å². The Morgan fingerprint density at radius 3 is 2.23 bits per heavy atom. The van der Waals surface area contributed by atoms with Gasteiger partial charge in [-0.1, -0.05) is 86.5 Å². The molecule has 0 unspecified atom stereocenters. The van der Waals surface area contributed by atoms with E-state index in [1.165, 1.54) is 0 Å². The van der Waals surface area contributed by atoms with Crippen molar-refractivity contribution in [2.75, 3.05) is 13.2 Å². The van der Waals surface area contributed by atoms with Gasteiger partial charge in [-0.05, 0) is 48.1 Å². The van der Waals surface area contributed by atoms with E-state index in [1.807, 2.05) is 60.7 Å².